The molecule has 3 rings (SSSR count). The Kier molecular flexibility index (Phi) is 3.59. The standard InChI is InChI=1S/C16H18N2OS/c1-10(18-12(3)16-11(2)17-9-20-16)15-8-13-6-4-5-7-14(13)19-15/h4-10,12,18H,1-3H3. The molecule has 104 valence electrons. The molecule has 0 amide bonds. The Morgan fingerprint density at radius 2 is 2.00 bits per heavy atom. The van der Waals surface area contributed by atoms with Gasteiger partial charge in [-0.05, 0) is 32.9 Å². The molecule has 2 heterocycles. The Morgan fingerprint density at radius 3 is 2.70 bits per heavy atom. The zero-order valence-electron chi connectivity index (χ0n) is 11.9. The van der Waals surface area contributed by atoms with Gasteiger partial charge in [-0.25, -0.2) is 4.98 Å². The first-order valence-corrected chi connectivity index (χ1v) is 7.67. The van der Waals surface area contributed by atoms with Crippen molar-refractivity contribution >= 4 is 22.3 Å². The number of hydrogen-bond donors (Lipinski definition) is 1. The van der Waals surface area contributed by atoms with Crippen molar-refractivity contribution in [2.45, 2.75) is 32.9 Å². The molecule has 4 heteroatoms. The van der Waals surface area contributed by atoms with Crippen molar-refractivity contribution in [1.82, 2.24) is 10.3 Å². The summed E-state index contributed by atoms with van der Waals surface area (Å²) in [4.78, 5) is 5.59. The van der Waals surface area contributed by atoms with Gasteiger partial charge in [0.1, 0.15) is 11.3 Å². The summed E-state index contributed by atoms with van der Waals surface area (Å²) in [5.74, 6) is 0.972. The Morgan fingerprint density at radius 1 is 1.20 bits per heavy atom. The topological polar surface area (TPSA) is 38.1 Å². The van der Waals surface area contributed by atoms with Crippen LogP contribution in [0.3, 0.4) is 0 Å². The van der Waals surface area contributed by atoms with Gasteiger partial charge >= 0.3 is 0 Å². The average Bonchev–Trinajstić information content (AvgIpc) is 3.04. The smallest absolute Gasteiger partial charge is 0.134 e. The molecule has 0 fully saturated rings. The van der Waals surface area contributed by atoms with Crippen molar-refractivity contribution < 1.29 is 4.42 Å². The molecule has 0 radical (unpaired) electrons. The van der Waals surface area contributed by atoms with Crippen molar-refractivity contribution in [2.75, 3.05) is 0 Å². The van der Waals surface area contributed by atoms with E-state index >= 15 is 0 Å². The van der Waals surface area contributed by atoms with Gasteiger partial charge in [0.2, 0.25) is 0 Å². The molecular formula is C16H18N2OS. The first-order chi connectivity index (χ1) is 9.65. The first kappa shape index (κ1) is 13.3. The summed E-state index contributed by atoms with van der Waals surface area (Å²) < 4.78 is 5.90. The van der Waals surface area contributed by atoms with Gasteiger partial charge in [-0.2, -0.15) is 0 Å². The maximum atomic E-state index is 5.90. The number of thiazole rings is 1. The van der Waals surface area contributed by atoms with E-state index in [1.807, 2.05) is 23.7 Å². The number of hydrogen-bond acceptors (Lipinski definition) is 4. The van der Waals surface area contributed by atoms with Crippen molar-refractivity contribution in [3.63, 3.8) is 0 Å². The lowest BCUT2D eigenvalue weighted by Crippen LogP contribution is -2.22. The molecule has 1 N–H and O–H groups in total. The molecule has 1 aromatic carbocycles. The number of fused-ring (bicyclic) bond motifs is 1. The van der Waals surface area contributed by atoms with Gasteiger partial charge in [-0.15, -0.1) is 11.3 Å². The number of aromatic nitrogens is 1. The third kappa shape index (κ3) is 2.49. The second-order valence-electron chi connectivity index (χ2n) is 5.10. The Labute approximate surface area is 122 Å². The Balaban J connectivity index is 1.79. The molecule has 20 heavy (non-hydrogen) atoms. The van der Waals surface area contributed by atoms with Crippen molar-refractivity contribution in [3.8, 4) is 0 Å². The molecule has 0 aliphatic carbocycles. The lowest BCUT2D eigenvalue weighted by molar-refractivity contribution is 0.419. The van der Waals surface area contributed by atoms with Crippen molar-refractivity contribution in [2.24, 2.45) is 0 Å². The van der Waals surface area contributed by atoms with Crippen molar-refractivity contribution in [3.05, 3.63) is 52.2 Å². The van der Waals surface area contributed by atoms with Gasteiger partial charge in [-0.3, -0.25) is 0 Å². The second-order valence-corrected chi connectivity index (χ2v) is 5.99. The van der Waals surface area contributed by atoms with Gasteiger partial charge in [0, 0.05) is 16.3 Å². The Bertz CT molecular complexity index is 683. The van der Waals surface area contributed by atoms with Crippen LogP contribution < -0.4 is 5.32 Å². The lowest BCUT2D eigenvalue weighted by Gasteiger charge is -2.17. The quantitative estimate of drug-likeness (QED) is 0.761. The normalized spacial score (nSPS) is 14.6. The summed E-state index contributed by atoms with van der Waals surface area (Å²) in [7, 11) is 0. The van der Waals surface area contributed by atoms with E-state index in [-0.39, 0.29) is 12.1 Å². The van der Waals surface area contributed by atoms with E-state index in [9.17, 15) is 0 Å². The largest absolute Gasteiger partial charge is 0.459 e. The fourth-order valence-corrected chi connectivity index (χ4v) is 3.29. The van der Waals surface area contributed by atoms with E-state index in [0.29, 0.717) is 0 Å². The first-order valence-electron chi connectivity index (χ1n) is 6.79. The van der Waals surface area contributed by atoms with E-state index in [2.05, 4.69) is 43.2 Å². The number of aryl methyl sites for hydroxylation is 1. The van der Waals surface area contributed by atoms with Crippen LogP contribution in [-0.2, 0) is 0 Å². The molecule has 0 saturated carbocycles. The fraction of sp³-hybridized carbons (Fsp3) is 0.312. The maximum absolute atomic E-state index is 5.90. The number of rotatable bonds is 4. The molecule has 0 aliphatic rings. The Hall–Kier alpha value is -1.65. The van der Waals surface area contributed by atoms with Crippen LogP contribution >= 0.6 is 11.3 Å². The molecule has 0 spiro atoms. The number of nitrogens with zero attached hydrogens (tertiary/aromatic N) is 1. The summed E-state index contributed by atoms with van der Waals surface area (Å²) in [6, 6.07) is 10.7. The molecule has 0 aliphatic heterocycles. The minimum atomic E-state index is 0.166. The maximum Gasteiger partial charge on any atom is 0.134 e. The second kappa shape index (κ2) is 5.38. The third-order valence-electron chi connectivity index (χ3n) is 3.55. The number of para-hydroxylation sites is 1. The highest BCUT2D eigenvalue weighted by molar-refractivity contribution is 7.09. The zero-order valence-corrected chi connectivity index (χ0v) is 12.7. The molecule has 2 atom stereocenters. The molecule has 0 saturated heterocycles. The summed E-state index contributed by atoms with van der Waals surface area (Å²) in [5.41, 5.74) is 3.94. The van der Waals surface area contributed by atoms with Crippen LogP contribution in [-0.4, -0.2) is 4.98 Å². The van der Waals surface area contributed by atoms with Crippen LogP contribution in [0.5, 0.6) is 0 Å². The highest BCUT2D eigenvalue weighted by Crippen LogP contribution is 2.27. The highest BCUT2D eigenvalue weighted by atomic mass is 32.1. The molecule has 0 bridgehead atoms. The molecule has 2 aromatic heterocycles. The van der Waals surface area contributed by atoms with E-state index < -0.39 is 0 Å². The number of nitrogens with one attached hydrogen (secondary N) is 1. The van der Waals surface area contributed by atoms with Gasteiger partial charge in [0.15, 0.2) is 0 Å². The number of furan rings is 1. The van der Waals surface area contributed by atoms with Crippen molar-refractivity contribution in [1.29, 1.82) is 0 Å². The van der Waals surface area contributed by atoms with Crippen LogP contribution in [0.2, 0.25) is 0 Å². The van der Waals surface area contributed by atoms with Crippen LogP contribution in [0.4, 0.5) is 0 Å². The predicted molar refractivity (Wildman–Crippen MR) is 83.0 cm³/mol. The molecule has 3 nitrogen and oxygen atoms in total. The minimum absolute atomic E-state index is 0.166. The average molecular weight is 286 g/mol. The van der Waals surface area contributed by atoms with E-state index in [0.717, 1.165) is 22.4 Å². The van der Waals surface area contributed by atoms with E-state index in [1.165, 1.54) is 4.88 Å². The number of benzene rings is 1. The van der Waals surface area contributed by atoms with E-state index in [1.54, 1.807) is 11.3 Å². The summed E-state index contributed by atoms with van der Waals surface area (Å²) >= 11 is 1.70. The molecule has 3 aromatic rings. The van der Waals surface area contributed by atoms with Crippen LogP contribution in [0.15, 0.2) is 40.3 Å². The third-order valence-corrected chi connectivity index (χ3v) is 4.66. The zero-order chi connectivity index (χ0) is 14.1. The SMILES string of the molecule is Cc1ncsc1C(C)NC(C)c1cc2ccccc2o1. The van der Waals surface area contributed by atoms with Crippen LogP contribution in [0.1, 0.15) is 42.3 Å². The summed E-state index contributed by atoms with van der Waals surface area (Å²) in [6.07, 6.45) is 0. The summed E-state index contributed by atoms with van der Waals surface area (Å²) in [6.45, 7) is 6.35. The van der Waals surface area contributed by atoms with Gasteiger partial charge < -0.3 is 9.73 Å². The van der Waals surface area contributed by atoms with Crippen LogP contribution in [0.25, 0.3) is 11.0 Å². The van der Waals surface area contributed by atoms with Gasteiger partial charge in [0.25, 0.3) is 0 Å². The lowest BCUT2D eigenvalue weighted by atomic mass is 10.1. The summed E-state index contributed by atoms with van der Waals surface area (Å²) in [5, 5.41) is 4.73. The van der Waals surface area contributed by atoms with E-state index in [4.69, 9.17) is 4.42 Å². The van der Waals surface area contributed by atoms with Gasteiger partial charge in [-0.1, -0.05) is 18.2 Å². The fourth-order valence-electron chi connectivity index (χ4n) is 2.48. The highest BCUT2D eigenvalue weighted by Gasteiger charge is 2.17. The van der Waals surface area contributed by atoms with Crippen LogP contribution in [0, 0.1) is 6.92 Å². The monoisotopic (exact) mass is 286 g/mol. The van der Waals surface area contributed by atoms with Gasteiger partial charge in [0.05, 0.1) is 17.2 Å². The predicted octanol–water partition coefficient (Wildman–Crippen LogP) is 4.61. The minimum Gasteiger partial charge on any atom is -0.459 e. The molecular weight excluding hydrogens is 268 g/mol. The molecule has 2 unspecified atom stereocenters.